The van der Waals surface area contributed by atoms with Gasteiger partial charge in [-0.1, -0.05) is 18.2 Å². The Kier molecular flexibility index (Phi) is 4.89. The van der Waals surface area contributed by atoms with E-state index >= 15 is 0 Å². The highest BCUT2D eigenvalue weighted by Crippen LogP contribution is 2.17. The minimum absolute atomic E-state index is 0.295. The molecule has 0 N–H and O–H groups in total. The van der Waals surface area contributed by atoms with Gasteiger partial charge in [-0.15, -0.1) is 0 Å². The fourth-order valence-corrected chi connectivity index (χ4v) is 3.53. The van der Waals surface area contributed by atoms with E-state index in [9.17, 15) is 9.59 Å². The van der Waals surface area contributed by atoms with E-state index in [2.05, 4.69) is 20.9 Å². The first-order valence-corrected chi connectivity index (χ1v) is 9.40. The van der Waals surface area contributed by atoms with Crippen LogP contribution in [0.1, 0.15) is 25.7 Å². The van der Waals surface area contributed by atoms with E-state index < -0.39 is 11.2 Å². The maximum absolute atomic E-state index is 13.2. The van der Waals surface area contributed by atoms with Gasteiger partial charge < -0.3 is 4.90 Å². The van der Waals surface area contributed by atoms with Crippen molar-refractivity contribution in [3.63, 3.8) is 0 Å². The number of rotatable bonds is 5. The Hall–Kier alpha value is -3.47. The van der Waals surface area contributed by atoms with Crippen LogP contribution in [0.25, 0.3) is 16.7 Å². The van der Waals surface area contributed by atoms with Gasteiger partial charge in [-0.05, 0) is 31.4 Å². The first-order valence-electron chi connectivity index (χ1n) is 9.40. The van der Waals surface area contributed by atoms with Crippen LogP contribution in [0.5, 0.6) is 0 Å². The summed E-state index contributed by atoms with van der Waals surface area (Å²) in [6.45, 7) is 2.04. The molecule has 0 aliphatic carbocycles. The summed E-state index contributed by atoms with van der Waals surface area (Å²) in [5.74, 6) is 0.537. The normalized spacial score (nSPS) is 13.8. The summed E-state index contributed by atoms with van der Waals surface area (Å²) in [6, 6.07) is 10.9. The quantitative estimate of drug-likeness (QED) is 0.631. The molecule has 1 saturated heterocycles. The van der Waals surface area contributed by atoms with E-state index in [1.807, 2.05) is 6.07 Å². The number of nitrogens with zero attached hydrogens (tertiary/aromatic N) is 6. The largest absolute Gasteiger partial charge is 0.341 e. The highest BCUT2D eigenvalue weighted by Gasteiger charge is 2.20. The third-order valence-electron chi connectivity index (χ3n) is 4.94. The van der Waals surface area contributed by atoms with E-state index in [1.54, 1.807) is 24.3 Å². The second-order valence-corrected chi connectivity index (χ2v) is 6.77. The highest BCUT2D eigenvalue weighted by molar-refractivity contribution is 5.74. The zero-order valence-electron chi connectivity index (χ0n) is 15.4. The van der Waals surface area contributed by atoms with Crippen LogP contribution >= 0.6 is 0 Å². The Morgan fingerprint density at radius 1 is 1.11 bits per heavy atom. The number of para-hydroxylation sites is 1. The smallest absolute Gasteiger partial charge is 0.337 e. The average molecular weight is 376 g/mol. The SMILES string of the molecule is N#CCCCn1c(=O)n(-c2ccccc2)c(=O)c2cnc(N3CCCC3)nc21. The maximum atomic E-state index is 13.2. The molecule has 1 aliphatic heterocycles. The second-order valence-electron chi connectivity index (χ2n) is 6.77. The van der Waals surface area contributed by atoms with Crippen molar-refractivity contribution in [2.75, 3.05) is 18.0 Å². The van der Waals surface area contributed by atoms with Crippen molar-refractivity contribution in [3.05, 3.63) is 57.4 Å². The Morgan fingerprint density at radius 2 is 1.86 bits per heavy atom. The molecule has 1 aromatic carbocycles. The fraction of sp³-hybridized carbons (Fsp3) is 0.350. The predicted molar refractivity (Wildman–Crippen MR) is 106 cm³/mol. The molecule has 8 nitrogen and oxygen atoms in total. The van der Waals surface area contributed by atoms with Crippen LogP contribution in [0.3, 0.4) is 0 Å². The molecule has 3 heterocycles. The number of hydrogen-bond donors (Lipinski definition) is 0. The molecule has 4 rings (SSSR count). The van der Waals surface area contributed by atoms with Crippen LogP contribution in [-0.2, 0) is 6.54 Å². The molecule has 0 unspecified atom stereocenters. The summed E-state index contributed by atoms with van der Waals surface area (Å²) in [5.41, 5.74) is -0.0579. The molecule has 2 aromatic heterocycles. The standard InChI is InChI=1S/C20H20N6O2/c21-10-4-5-13-25-17-16(14-22-19(23-17)24-11-6-7-12-24)18(27)26(20(25)28)15-8-2-1-3-9-15/h1-3,8-9,14H,4-7,11-13H2. The zero-order valence-corrected chi connectivity index (χ0v) is 15.4. The summed E-state index contributed by atoms with van der Waals surface area (Å²) in [5, 5.41) is 9.16. The number of hydrogen-bond acceptors (Lipinski definition) is 6. The fourth-order valence-electron chi connectivity index (χ4n) is 3.53. The van der Waals surface area contributed by atoms with Crippen molar-refractivity contribution < 1.29 is 0 Å². The van der Waals surface area contributed by atoms with Gasteiger partial charge in [-0.3, -0.25) is 9.36 Å². The van der Waals surface area contributed by atoms with Gasteiger partial charge in [-0.25, -0.2) is 14.3 Å². The lowest BCUT2D eigenvalue weighted by Crippen LogP contribution is -2.39. The van der Waals surface area contributed by atoms with E-state index in [0.717, 1.165) is 30.5 Å². The molecular weight excluding hydrogens is 356 g/mol. The van der Waals surface area contributed by atoms with Gasteiger partial charge in [0.25, 0.3) is 5.56 Å². The van der Waals surface area contributed by atoms with Crippen molar-refractivity contribution in [1.82, 2.24) is 19.1 Å². The molecule has 0 bridgehead atoms. The molecule has 142 valence electrons. The Bertz CT molecular complexity index is 1150. The van der Waals surface area contributed by atoms with Gasteiger partial charge in [0.15, 0.2) is 5.65 Å². The number of aryl methyl sites for hydroxylation is 1. The zero-order chi connectivity index (χ0) is 19.5. The van der Waals surface area contributed by atoms with Gasteiger partial charge in [0.05, 0.1) is 11.8 Å². The van der Waals surface area contributed by atoms with Crippen molar-refractivity contribution in [2.45, 2.75) is 32.2 Å². The molecule has 1 aliphatic rings. The number of fused-ring (bicyclic) bond motifs is 1. The minimum Gasteiger partial charge on any atom is -0.341 e. The minimum atomic E-state index is -0.451. The van der Waals surface area contributed by atoms with Crippen LogP contribution in [0, 0.1) is 11.3 Å². The molecule has 8 heteroatoms. The summed E-state index contributed by atoms with van der Waals surface area (Å²) >= 11 is 0. The van der Waals surface area contributed by atoms with Crippen molar-refractivity contribution in [2.24, 2.45) is 0 Å². The first-order chi connectivity index (χ1) is 13.7. The van der Waals surface area contributed by atoms with Gasteiger partial charge in [0.1, 0.15) is 5.39 Å². The lowest BCUT2D eigenvalue weighted by atomic mass is 10.3. The number of nitriles is 1. The molecule has 0 atom stereocenters. The number of unbranched alkanes of at least 4 members (excludes halogenated alkanes) is 1. The maximum Gasteiger partial charge on any atom is 0.337 e. The molecule has 3 aromatic rings. The molecule has 1 fully saturated rings. The van der Waals surface area contributed by atoms with E-state index in [-0.39, 0.29) is 0 Å². The van der Waals surface area contributed by atoms with Crippen LogP contribution < -0.4 is 16.1 Å². The van der Waals surface area contributed by atoms with Gasteiger partial charge in [0, 0.05) is 32.3 Å². The van der Waals surface area contributed by atoms with Gasteiger partial charge in [0.2, 0.25) is 5.95 Å². The van der Waals surface area contributed by atoms with Crippen molar-refractivity contribution in [1.29, 1.82) is 5.26 Å². The summed E-state index contributed by atoms with van der Waals surface area (Å²) in [6.07, 6.45) is 4.49. The average Bonchev–Trinajstić information content (AvgIpc) is 3.26. The van der Waals surface area contributed by atoms with Crippen LogP contribution in [0.2, 0.25) is 0 Å². The van der Waals surface area contributed by atoms with Crippen LogP contribution in [0.4, 0.5) is 5.95 Å². The third kappa shape index (κ3) is 3.16. The van der Waals surface area contributed by atoms with E-state index in [0.29, 0.717) is 42.1 Å². The number of aromatic nitrogens is 4. The lowest BCUT2D eigenvalue weighted by molar-refractivity contribution is 0.612. The van der Waals surface area contributed by atoms with Crippen molar-refractivity contribution in [3.8, 4) is 11.8 Å². The Balaban J connectivity index is 1.95. The monoisotopic (exact) mass is 376 g/mol. The van der Waals surface area contributed by atoms with Gasteiger partial charge in [-0.2, -0.15) is 10.2 Å². The van der Waals surface area contributed by atoms with Gasteiger partial charge >= 0.3 is 5.69 Å². The molecule has 0 radical (unpaired) electrons. The summed E-state index contributed by atoms with van der Waals surface area (Å²) < 4.78 is 2.63. The predicted octanol–water partition coefficient (Wildman–Crippen LogP) is 1.85. The molecule has 28 heavy (non-hydrogen) atoms. The second kappa shape index (κ2) is 7.64. The van der Waals surface area contributed by atoms with Crippen LogP contribution in [0.15, 0.2) is 46.1 Å². The van der Waals surface area contributed by atoms with Crippen LogP contribution in [-0.4, -0.2) is 32.2 Å². The van der Waals surface area contributed by atoms with Crippen molar-refractivity contribution >= 4 is 17.0 Å². The lowest BCUT2D eigenvalue weighted by Gasteiger charge is -2.17. The first kappa shape index (κ1) is 17.9. The molecular formula is C20H20N6O2. The van der Waals surface area contributed by atoms with E-state index in [4.69, 9.17) is 5.26 Å². The number of anilines is 1. The molecule has 0 amide bonds. The highest BCUT2D eigenvalue weighted by atomic mass is 16.2. The summed E-state index contributed by atoms with van der Waals surface area (Å²) in [4.78, 5) is 37.3. The topological polar surface area (TPSA) is 96.8 Å². The Labute approximate surface area is 161 Å². The Morgan fingerprint density at radius 3 is 2.57 bits per heavy atom. The molecule has 0 saturated carbocycles. The summed E-state index contributed by atoms with van der Waals surface area (Å²) in [7, 11) is 0. The number of benzene rings is 1. The third-order valence-corrected chi connectivity index (χ3v) is 4.94. The molecule has 0 spiro atoms. The van der Waals surface area contributed by atoms with E-state index in [1.165, 1.54) is 10.8 Å².